The molecule has 1 fully saturated rings. The number of nitrogens with zero attached hydrogens (tertiary/aromatic N) is 1. The van der Waals surface area contributed by atoms with Crippen LogP contribution in [0.15, 0.2) is 24.3 Å². The number of rotatable bonds is 0. The average Bonchev–Trinajstić information content (AvgIpc) is 2.46. The molecule has 0 unspecified atom stereocenters. The van der Waals surface area contributed by atoms with Gasteiger partial charge < -0.3 is 15.0 Å². The van der Waals surface area contributed by atoms with E-state index >= 15 is 0 Å². The second-order valence-electron chi connectivity index (χ2n) is 7.53. The summed E-state index contributed by atoms with van der Waals surface area (Å²) >= 11 is 0. The molecule has 22 heavy (non-hydrogen) atoms. The summed E-state index contributed by atoms with van der Waals surface area (Å²) in [7, 11) is 0. The summed E-state index contributed by atoms with van der Waals surface area (Å²) in [5, 5.41) is 3.74. The zero-order valence-corrected chi connectivity index (χ0v) is 13.8. The lowest BCUT2D eigenvalue weighted by Crippen LogP contribution is -2.53. The number of ether oxygens (including phenoxy) is 1. The van der Waals surface area contributed by atoms with E-state index in [4.69, 9.17) is 4.74 Å². The molecule has 1 N–H and O–H groups in total. The van der Waals surface area contributed by atoms with Crippen molar-refractivity contribution in [1.82, 2.24) is 4.90 Å². The molecule has 0 saturated carbocycles. The fourth-order valence-electron chi connectivity index (χ4n) is 3.40. The largest absolute Gasteiger partial charge is 0.444 e. The molecule has 3 rings (SSSR count). The van der Waals surface area contributed by atoms with E-state index in [0.29, 0.717) is 0 Å². The Morgan fingerprint density at radius 3 is 2.55 bits per heavy atom. The van der Waals surface area contributed by atoms with Gasteiger partial charge in [-0.25, -0.2) is 4.79 Å². The van der Waals surface area contributed by atoms with Gasteiger partial charge in [-0.05, 0) is 58.1 Å². The highest BCUT2D eigenvalue weighted by molar-refractivity contribution is 5.68. The number of amides is 1. The Bertz CT molecular complexity index is 554. The van der Waals surface area contributed by atoms with Crippen molar-refractivity contribution in [2.24, 2.45) is 0 Å². The molecule has 2 aliphatic rings. The quantitative estimate of drug-likeness (QED) is 0.792. The van der Waals surface area contributed by atoms with Gasteiger partial charge in [0.2, 0.25) is 0 Å². The number of aryl methyl sites for hydroxylation is 1. The molecule has 4 heteroatoms. The number of hydrogen-bond acceptors (Lipinski definition) is 3. The Hall–Kier alpha value is -1.71. The van der Waals surface area contributed by atoms with Crippen LogP contribution in [0.2, 0.25) is 0 Å². The summed E-state index contributed by atoms with van der Waals surface area (Å²) in [4.78, 5) is 14.0. The molecule has 4 nitrogen and oxygen atoms in total. The van der Waals surface area contributed by atoms with E-state index in [1.165, 1.54) is 11.3 Å². The topological polar surface area (TPSA) is 41.6 Å². The first-order chi connectivity index (χ1) is 10.4. The summed E-state index contributed by atoms with van der Waals surface area (Å²) in [6.45, 7) is 7.27. The molecule has 0 aromatic heterocycles. The lowest BCUT2D eigenvalue weighted by Gasteiger charge is -2.45. The van der Waals surface area contributed by atoms with E-state index < -0.39 is 5.60 Å². The molecule has 1 saturated heterocycles. The van der Waals surface area contributed by atoms with Crippen LogP contribution in [0.3, 0.4) is 0 Å². The Kier molecular flexibility index (Phi) is 3.79. The number of anilines is 1. The fourth-order valence-corrected chi connectivity index (χ4v) is 3.40. The molecule has 0 radical (unpaired) electrons. The molecular weight excluding hydrogens is 276 g/mol. The van der Waals surface area contributed by atoms with E-state index in [1.54, 1.807) is 0 Å². The highest BCUT2D eigenvalue weighted by Crippen LogP contribution is 2.37. The van der Waals surface area contributed by atoms with Crippen molar-refractivity contribution in [2.75, 3.05) is 18.4 Å². The first-order valence-corrected chi connectivity index (χ1v) is 8.21. The van der Waals surface area contributed by atoms with Gasteiger partial charge in [-0.2, -0.15) is 0 Å². The molecule has 0 atom stereocenters. The van der Waals surface area contributed by atoms with Crippen molar-refractivity contribution in [3.05, 3.63) is 29.8 Å². The highest BCUT2D eigenvalue weighted by atomic mass is 16.6. The van der Waals surface area contributed by atoms with Crippen LogP contribution < -0.4 is 5.32 Å². The van der Waals surface area contributed by atoms with Crippen LogP contribution in [0.5, 0.6) is 0 Å². The Morgan fingerprint density at radius 1 is 1.18 bits per heavy atom. The maximum Gasteiger partial charge on any atom is 0.410 e. The van der Waals surface area contributed by atoms with Gasteiger partial charge in [0.25, 0.3) is 0 Å². The van der Waals surface area contributed by atoms with E-state index in [-0.39, 0.29) is 11.6 Å². The first kappa shape index (κ1) is 15.2. The molecule has 1 aromatic carbocycles. The number of carbonyl (C=O) groups is 1. The van der Waals surface area contributed by atoms with Crippen molar-refractivity contribution >= 4 is 11.8 Å². The smallest absolute Gasteiger partial charge is 0.410 e. The third-order valence-electron chi connectivity index (χ3n) is 4.66. The lowest BCUT2D eigenvalue weighted by atomic mass is 9.79. The minimum Gasteiger partial charge on any atom is -0.444 e. The Morgan fingerprint density at radius 2 is 1.86 bits per heavy atom. The molecule has 1 spiro atoms. The predicted octanol–water partition coefficient (Wildman–Crippen LogP) is 3.81. The standard InChI is InChI=1S/C18H26N2O2/c1-17(2,3)22-16(21)20-12-10-18(11-13-20)9-8-14-6-4-5-7-15(14)19-18/h4-7,19H,8-13H2,1-3H3. The minimum atomic E-state index is -0.422. The van der Waals surface area contributed by atoms with Gasteiger partial charge in [0.05, 0.1) is 0 Å². The zero-order valence-electron chi connectivity index (χ0n) is 13.8. The molecule has 0 aliphatic carbocycles. The first-order valence-electron chi connectivity index (χ1n) is 8.21. The number of para-hydroxylation sites is 1. The Balaban J connectivity index is 1.62. The fraction of sp³-hybridized carbons (Fsp3) is 0.611. The number of fused-ring (bicyclic) bond motifs is 1. The molecular formula is C18H26N2O2. The maximum atomic E-state index is 12.2. The van der Waals surface area contributed by atoms with Gasteiger partial charge in [0.1, 0.15) is 5.60 Å². The summed E-state index contributed by atoms with van der Waals surface area (Å²) in [6, 6.07) is 8.55. The number of carbonyl (C=O) groups excluding carboxylic acids is 1. The maximum absolute atomic E-state index is 12.2. The highest BCUT2D eigenvalue weighted by Gasteiger charge is 2.38. The molecule has 1 amide bonds. The van der Waals surface area contributed by atoms with Crippen LogP contribution in [0.25, 0.3) is 0 Å². The van der Waals surface area contributed by atoms with Crippen LogP contribution in [-0.4, -0.2) is 35.2 Å². The second-order valence-corrected chi connectivity index (χ2v) is 7.53. The van der Waals surface area contributed by atoms with E-state index in [0.717, 1.165) is 38.8 Å². The van der Waals surface area contributed by atoms with E-state index in [1.807, 2.05) is 25.7 Å². The van der Waals surface area contributed by atoms with E-state index in [9.17, 15) is 4.79 Å². The van der Waals surface area contributed by atoms with Gasteiger partial charge >= 0.3 is 6.09 Å². The molecule has 120 valence electrons. The van der Waals surface area contributed by atoms with E-state index in [2.05, 4.69) is 29.6 Å². The van der Waals surface area contributed by atoms with Crippen molar-refractivity contribution in [1.29, 1.82) is 0 Å². The number of hydrogen-bond donors (Lipinski definition) is 1. The van der Waals surface area contributed by atoms with Crippen molar-refractivity contribution in [2.45, 2.75) is 57.6 Å². The van der Waals surface area contributed by atoms with Crippen LogP contribution in [0.1, 0.15) is 45.6 Å². The third kappa shape index (κ3) is 3.21. The molecule has 2 aliphatic heterocycles. The van der Waals surface area contributed by atoms with Crippen molar-refractivity contribution in [3.63, 3.8) is 0 Å². The van der Waals surface area contributed by atoms with Gasteiger partial charge in [-0.3, -0.25) is 0 Å². The van der Waals surface area contributed by atoms with Gasteiger partial charge in [0, 0.05) is 24.3 Å². The number of likely N-dealkylation sites (tertiary alicyclic amines) is 1. The lowest BCUT2D eigenvalue weighted by molar-refractivity contribution is 0.0173. The van der Waals surface area contributed by atoms with Crippen molar-refractivity contribution in [3.8, 4) is 0 Å². The summed E-state index contributed by atoms with van der Waals surface area (Å²) < 4.78 is 5.48. The molecule has 2 heterocycles. The average molecular weight is 302 g/mol. The SMILES string of the molecule is CC(C)(C)OC(=O)N1CCC2(CCc3ccccc3N2)CC1. The van der Waals surface area contributed by atoms with Crippen LogP contribution >= 0.6 is 0 Å². The van der Waals surface area contributed by atoms with Crippen LogP contribution in [0, 0.1) is 0 Å². The number of nitrogens with one attached hydrogen (secondary N) is 1. The number of piperidine rings is 1. The monoisotopic (exact) mass is 302 g/mol. The molecule has 0 bridgehead atoms. The second kappa shape index (κ2) is 5.49. The van der Waals surface area contributed by atoms with Gasteiger partial charge in [0.15, 0.2) is 0 Å². The predicted molar refractivity (Wildman–Crippen MR) is 88.2 cm³/mol. The Labute approximate surface area is 132 Å². The van der Waals surface area contributed by atoms with Crippen molar-refractivity contribution < 1.29 is 9.53 Å². The third-order valence-corrected chi connectivity index (χ3v) is 4.66. The summed E-state index contributed by atoms with van der Waals surface area (Å²) in [5.74, 6) is 0. The zero-order chi connectivity index (χ0) is 15.8. The summed E-state index contributed by atoms with van der Waals surface area (Å²) in [6.07, 6.45) is 4.06. The van der Waals surface area contributed by atoms with Crippen LogP contribution in [-0.2, 0) is 11.2 Å². The minimum absolute atomic E-state index is 0.146. The number of benzene rings is 1. The van der Waals surface area contributed by atoms with Crippen LogP contribution in [0.4, 0.5) is 10.5 Å². The summed E-state index contributed by atoms with van der Waals surface area (Å²) in [5.41, 5.74) is 2.39. The van der Waals surface area contributed by atoms with Gasteiger partial charge in [-0.15, -0.1) is 0 Å². The normalized spacial score (nSPS) is 20.2. The molecule has 1 aromatic rings. The van der Waals surface area contributed by atoms with Gasteiger partial charge in [-0.1, -0.05) is 18.2 Å².